The average Bonchev–Trinajstić information content (AvgIpc) is 2.38. The molecule has 17 heavy (non-hydrogen) atoms. The smallest absolute Gasteiger partial charge is 0.0217 e. The van der Waals surface area contributed by atoms with Crippen molar-refractivity contribution in [3.63, 3.8) is 0 Å². The molecule has 0 bridgehead atoms. The highest BCUT2D eigenvalue weighted by atomic mass is 32.2. The Morgan fingerprint density at radius 3 is 2.76 bits per heavy atom. The van der Waals surface area contributed by atoms with Crippen LogP contribution in [-0.2, 0) is 0 Å². The number of likely N-dealkylation sites (N-methyl/N-ethyl adjacent to an activating group) is 1. The Morgan fingerprint density at radius 2 is 2.00 bits per heavy atom. The van der Waals surface area contributed by atoms with Gasteiger partial charge in [0.1, 0.15) is 0 Å². The second-order valence-corrected chi connectivity index (χ2v) is 6.51. The van der Waals surface area contributed by atoms with Crippen LogP contribution in [0.4, 0.5) is 0 Å². The molecule has 2 aliphatic rings. The summed E-state index contributed by atoms with van der Waals surface area (Å²) in [6.07, 6.45) is 4.18. The SMILES string of the molecule is CN1CCCCC1CNCCN1CCSCC1. The van der Waals surface area contributed by atoms with E-state index in [2.05, 4.69) is 33.9 Å². The molecule has 0 spiro atoms. The summed E-state index contributed by atoms with van der Waals surface area (Å²) in [5.41, 5.74) is 0. The zero-order valence-electron chi connectivity index (χ0n) is 11.2. The molecule has 1 N–H and O–H groups in total. The molecule has 0 saturated carbocycles. The molecular weight excluding hydrogens is 230 g/mol. The fourth-order valence-corrected chi connectivity index (χ4v) is 3.71. The third kappa shape index (κ3) is 4.78. The van der Waals surface area contributed by atoms with E-state index in [9.17, 15) is 0 Å². The number of nitrogens with zero attached hydrogens (tertiary/aromatic N) is 2. The van der Waals surface area contributed by atoms with Gasteiger partial charge in [0, 0.05) is 50.3 Å². The van der Waals surface area contributed by atoms with Crippen LogP contribution in [0.1, 0.15) is 19.3 Å². The van der Waals surface area contributed by atoms with Gasteiger partial charge < -0.3 is 15.1 Å². The molecule has 0 aromatic carbocycles. The van der Waals surface area contributed by atoms with E-state index >= 15 is 0 Å². The van der Waals surface area contributed by atoms with Gasteiger partial charge in [-0.15, -0.1) is 0 Å². The molecule has 2 aliphatic heterocycles. The van der Waals surface area contributed by atoms with Crippen LogP contribution in [0.25, 0.3) is 0 Å². The Balaban J connectivity index is 1.53. The molecule has 0 aliphatic carbocycles. The van der Waals surface area contributed by atoms with Crippen LogP contribution >= 0.6 is 11.8 Å². The second kappa shape index (κ2) is 7.62. The Labute approximate surface area is 110 Å². The summed E-state index contributed by atoms with van der Waals surface area (Å²) >= 11 is 2.09. The number of hydrogen-bond acceptors (Lipinski definition) is 4. The van der Waals surface area contributed by atoms with Crippen LogP contribution in [0.2, 0.25) is 0 Å². The lowest BCUT2D eigenvalue weighted by molar-refractivity contribution is 0.179. The van der Waals surface area contributed by atoms with Gasteiger partial charge >= 0.3 is 0 Å². The summed E-state index contributed by atoms with van der Waals surface area (Å²) in [5.74, 6) is 2.65. The molecule has 3 nitrogen and oxygen atoms in total. The van der Waals surface area contributed by atoms with Gasteiger partial charge in [0.05, 0.1) is 0 Å². The molecule has 1 atom stereocenters. The molecule has 0 radical (unpaired) electrons. The lowest BCUT2D eigenvalue weighted by atomic mass is 10.0. The zero-order valence-corrected chi connectivity index (χ0v) is 12.0. The number of likely N-dealkylation sites (tertiary alicyclic amines) is 1. The van der Waals surface area contributed by atoms with Crippen molar-refractivity contribution in [1.29, 1.82) is 0 Å². The van der Waals surface area contributed by atoms with Crippen molar-refractivity contribution < 1.29 is 0 Å². The minimum absolute atomic E-state index is 0.778. The predicted molar refractivity (Wildman–Crippen MR) is 76.9 cm³/mol. The maximum absolute atomic E-state index is 3.64. The van der Waals surface area contributed by atoms with Crippen molar-refractivity contribution in [2.75, 3.05) is 57.8 Å². The quantitative estimate of drug-likeness (QED) is 0.743. The first-order valence-electron chi connectivity index (χ1n) is 7.07. The molecular formula is C13H27N3S. The number of thioether (sulfide) groups is 1. The van der Waals surface area contributed by atoms with Crippen LogP contribution < -0.4 is 5.32 Å². The van der Waals surface area contributed by atoms with E-state index in [4.69, 9.17) is 0 Å². The lowest BCUT2D eigenvalue weighted by Gasteiger charge is -2.33. The zero-order chi connectivity index (χ0) is 11.9. The molecule has 2 saturated heterocycles. The first-order valence-corrected chi connectivity index (χ1v) is 8.23. The maximum atomic E-state index is 3.64. The number of nitrogens with one attached hydrogen (secondary N) is 1. The highest BCUT2D eigenvalue weighted by molar-refractivity contribution is 7.99. The second-order valence-electron chi connectivity index (χ2n) is 5.29. The molecule has 2 rings (SSSR count). The van der Waals surface area contributed by atoms with Crippen molar-refractivity contribution in [1.82, 2.24) is 15.1 Å². The molecule has 0 aromatic heterocycles. The van der Waals surface area contributed by atoms with Gasteiger partial charge in [-0.3, -0.25) is 0 Å². The van der Waals surface area contributed by atoms with Gasteiger partial charge in [0.2, 0.25) is 0 Å². The third-order valence-corrected chi connectivity index (χ3v) is 4.95. The van der Waals surface area contributed by atoms with Gasteiger partial charge in [-0.1, -0.05) is 6.42 Å². The first-order chi connectivity index (χ1) is 8.36. The van der Waals surface area contributed by atoms with Gasteiger partial charge in [0.25, 0.3) is 0 Å². The van der Waals surface area contributed by atoms with E-state index in [-0.39, 0.29) is 0 Å². The van der Waals surface area contributed by atoms with Crippen LogP contribution in [0.5, 0.6) is 0 Å². The minimum atomic E-state index is 0.778. The largest absolute Gasteiger partial charge is 0.314 e. The van der Waals surface area contributed by atoms with Crippen molar-refractivity contribution in [3.8, 4) is 0 Å². The number of rotatable bonds is 5. The van der Waals surface area contributed by atoms with Gasteiger partial charge in [0.15, 0.2) is 0 Å². The fourth-order valence-electron chi connectivity index (χ4n) is 2.73. The van der Waals surface area contributed by atoms with Crippen molar-refractivity contribution in [2.45, 2.75) is 25.3 Å². The molecule has 4 heteroatoms. The Hall–Kier alpha value is 0.230. The number of piperidine rings is 1. The molecule has 1 unspecified atom stereocenters. The van der Waals surface area contributed by atoms with Gasteiger partial charge in [-0.2, -0.15) is 11.8 Å². The lowest BCUT2D eigenvalue weighted by Crippen LogP contribution is -2.45. The van der Waals surface area contributed by atoms with Gasteiger partial charge in [-0.25, -0.2) is 0 Å². The van der Waals surface area contributed by atoms with Crippen LogP contribution in [0, 0.1) is 0 Å². The predicted octanol–water partition coefficient (Wildman–Crippen LogP) is 1.11. The molecule has 100 valence electrons. The van der Waals surface area contributed by atoms with Crippen LogP contribution in [0.3, 0.4) is 0 Å². The average molecular weight is 257 g/mol. The van der Waals surface area contributed by atoms with Crippen LogP contribution in [-0.4, -0.2) is 73.7 Å². The third-order valence-electron chi connectivity index (χ3n) is 4.01. The number of hydrogen-bond donors (Lipinski definition) is 1. The van der Waals surface area contributed by atoms with E-state index in [1.807, 2.05) is 0 Å². The summed E-state index contributed by atoms with van der Waals surface area (Å²) in [5, 5.41) is 3.64. The normalized spacial score (nSPS) is 28.4. The summed E-state index contributed by atoms with van der Waals surface area (Å²) in [6, 6.07) is 0.778. The first kappa shape index (κ1) is 13.7. The summed E-state index contributed by atoms with van der Waals surface area (Å²) in [6.45, 7) is 7.44. The van der Waals surface area contributed by atoms with E-state index in [1.54, 1.807) is 0 Å². The molecule has 0 amide bonds. The molecule has 2 heterocycles. The fraction of sp³-hybridized carbons (Fsp3) is 1.00. The standard InChI is InChI=1S/C13H27N3S/c1-15-6-3-2-4-13(15)12-14-5-7-16-8-10-17-11-9-16/h13-14H,2-12H2,1H3. The van der Waals surface area contributed by atoms with Crippen molar-refractivity contribution in [2.24, 2.45) is 0 Å². The monoisotopic (exact) mass is 257 g/mol. The van der Waals surface area contributed by atoms with E-state index in [0.717, 1.165) is 12.6 Å². The summed E-state index contributed by atoms with van der Waals surface area (Å²) in [7, 11) is 2.27. The van der Waals surface area contributed by atoms with Crippen molar-refractivity contribution >= 4 is 11.8 Å². The van der Waals surface area contributed by atoms with Crippen molar-refractivity contribution in [3.05, 3.63) is 0 Å². The van der Waals surface area contributed by atoms with E-state index in [1.165, 1.54) is 63.5 Å². The Kier molecular flexibility index (Phi) is 6.12. The molecule has 0 aromatic rings. The molecule has 2 fully saturated rings. The maximum Gasteiger partial charge on any atom is 0.0217 e. The Morgan fingerprint density at radius 1 is 1.18 bits per heavy atom. The topological polar surface area (TPSA) is 18.5 Å². The Bertz CT molecular complexity index is 207. The minimum Gasteiger partial charge on any atom is -0.314 e. The van der Waals surface area contributed by atoms with Crippen LogP contribution in [0.15, 0.2) is 0 Å². The summed E-state index contributed by atoms with van der Waals surface area (Å²) < 4.78 is 0. The highest BCUT2D eigenvalue weighted by Crippen LogP contribution is 2.13. The summed E-state index contributed by atoms with van der Waals surface area (Å²) in [4.78, 5) is 5.11. The van der Waals surface area contributed by atoms with E-state index in [0.29, 0.717) is 0 Å². The highest BCUT2D eigenvalue weighted by Gasteiger charge is 2.18. The van der Waals surface area contributed by atoms with E-state index < -0.39 is 0 Å². The van der Waals surface area contributed by atoms with Gasteiger partial charge in [-0.05, 0) is 26.4 Å².